The van der Waals surface area contributed by atoms with Crippen LogP contribution in [0.1, 0.15) is 31.2 Å². The molecule has 0 spiro atoms. The molecule has 1 fully saturated rings. The minimum atomic E-state index is -1.04. The number of nitrogens with one attached hydrogen (secondary N) is 1. The summed E-state index contributed by atoms with van der Waals surface area (Å²) in [6.45, 7) is -0.409. The zero-order valence-electron chi connectivity index (χ0n) is 16.6. The zero-order chi connectivity index (χ0) is 20.9. The first kappa shape index (κ1) is 20.5. The predicted octanol–water partition coefficient (Wildman–Crippen LogP) is 3.62. The summed E-state index contributed by atoms with van der Waals surface area (Å²) >= 11 is 0. The molecule has 0 saturated heterocycles. The maximum atomic E-state index is 13.3. The van der Waals surface area contributed by atoms with E-state index in [4.69, 9.17) is 19.3 Å². The largest absolute Gasteiger partial charge is 0.493 e. The molecule has 2 aromatic carbocycles. The van der Waals surface area contributed by atoms with Gasteiger partial charge >= 0.3 is 5.97 Å². The number of hydrogen-bond donors (Lipinski definition) is 2. The van der Waals surface area contributed by atoms with Crippen molar-refractivity contribution in [2.24, 2.45) is 0 Å². The van der Waals surface area contributed by atoms with Crippen molar-refractivity contribution in [2.45, 2.75) is 31.1 Å². The summed E-state index contributed by atoms with van der Waals surface area (Å²) in [7, 11) is 3.16. The van der Waals surface area contributed by atoms with E-state index >= 15 is 0 Å². The first-order valence-corrected chi connectivity index (χ1v) is 9.47. The molecule has 0 aliphatic heterocycles. The maximum absolute atomic E-state index is 13.3. The molecule has 2 N–H and O–H groups in total. The molecule has 0 radical (unpaired) electrons. The topological polar surface area (TPSA) is 94.1 Å². The third kappa shape index (κ3) is 4.45. The second-order valence-corrected chi connectivity index (χ2v) is 7.02. The highest BCUT2D eigenvalue weighted by Gasteiger charge is 2.43. The maximum Gasteiger partial charge on any atom is 0.341 e. The number of anilines is 1. The predicted molar refractivity (Wildman–Crippen MR) is 108 cm³/mol. The number of carboxylic acids is 1. The van der Waals surface area contributed by atoms with Crippen molar-refractivity contribution in [3.8, 4) is 17.2 Å². The molecule has 0 bridgehead atoms. The first-order valence-electron chi connectivity index (χ1n) is 9.47. The number of carboxylic acid groups (broad SMARTS) is 1. The van der Waals surface area contributed by atoms with E-state index in [1.54, 1.807) is 38.5 Å². The van der Waals surface area contributed by atoms with Crippen molar-refractivity contribution in [1.82, 2.24) is 0 Å². The normalized spacial score (nSPS) is 14.8. The van der Waals surface area contributed by atoms with E-state index in [0.717, 1.165) is 31.2 Å². The van der Waals surface area contributed by atoms with Gasteiger partial charge in [0.25, 0.3) is 0 Å². The molecule has 2 aromatic rings. The lowest BCUT2D eigenvalue weighted by atomic mass is 9.77. The average molecular weight is 399 g/mol. The van der Waals surface area contributed by atoms with Gasteiger partial charge in [0.1, 0.15) is 5.75 Å². The summed E-state index contributed by atoms with van der Waals surface area (Å²) in [5, 5.41) is 11.7. The van der Waals surface area contributed by atoms with Crippen LogP contribution in [0.2, 0.25) is 0 Å². The minimum absolute atomic E-state index is 0.0681. The van der Waals surface area contributed by atoms with E-state index in [2.05, 4.69) is 5.32 Å². The van der Waals surface area contributed by atoms with Crippen LogP contribution in [-0.2, 0) is 15.0 Å². The molecule has 0 atom stereocenters. The third-order valence-corrected chi connectivity index (χ3v) is 5.30. The fourth-order valence-electron chi connectivity index (χ4n) is 3.79. The number of amides is 1. The molecule has 1 amide bonds. The molecule has 1 aliphatic rings. The van der Waals surface area contributed by atoms with Crippen LogP contribution in [0.15, 0.2) is 42.5 Å². The Morgan fingerprint density at radius 3 is 2.24 bits per heavy atom. The van der Waals surface area contributed by atoms with Gasteiger partial charge in [-0.2, -0.15) is 0 Å². The van der Waals surface area contributed by atoms with E-state index < -0.39 is 18.0 Å². The second kappa shape index (κ2) is 8.86. The van der Waals surface area contributed by atoms with Gasteiger partial charge in [-0.1, -0.05) is 18.9 Å². The van der Waals surface area contributed by atoms with E-state index in [-0.39, 0.29) is 5.91 Å². The Morgan fingerprint density at radius 2 is 1.66 bits per heavy atom. The van der Waals surface area contributed by atoms with Crippen LogP contribution in [-0.4, -0.2) is 37.8 Å². The molecule has 7 heteroatoms. The summed E-state index contributed by atoms with van der Waals surface area (Å²) in [6.07, 6.45) is 3.47. The first-order chi connectivity index (χ1) is 14.0. The van der Waals surface area contributed by atoms with Crippen LogP contribution in [0.25, 0.3) is 0 Å². The monoisotopic (exact) mass is 399 g/mol. The zero-order valence-corrected chi connectivity index (χ0v) is 16.6. The summed E-state index contributed by atoms with van der Waals surface area (Å²) in [6, 6.07) is 12.3. The Bertz CT molecular complexity index is 871. The fraction of sp³-hybridized carbons (Fsp3) is 0.364. The van der Waals surface area contributed by atoms with E-state index in [1.165, 1.54) is 0 Å². The summed E-state index contributed by atoms with van der Waals surface area (Å²) in [5.74, 6) is 0.550. The lowest BCUT2D eigenvalue weighted by molar-refractivity contribution is -0.139. The number of methoxy groups -OCH3 is 2. The molecule has 29 heavy (non-hydrogen) atoms. The van der Waals surface area contributed by atoms with Crippen molar-refractivity contribution >= 4 is 17.6 Å². The molecule has 1 aliphatic carbocycles. The van der Waals surface area contributed by atoms with Crippen molar-refractivity contribution in [2.75, 3.05) is 26.1 Å². The van der Waals surface area contributed by atoms with Gasteiger partial charge in [-0.15, -0.1) is 0 Å². The Morgan fingerprint density at radius 1 is 1.00 bits per heavy atom. The molecule has 7 nitrogen and oxygen atoms in total. The van der Waals surface area contributed by atoms with Crippen LogP contribution in [0.4, 0.5) is 5.69 Å². The molecular weight excluding hydrogens is 374 g/mol. The van der Waals surface area contributed by atoms with Crippen LogP contribution < -0.4 is 19.5 Å². The van der Waals surface area contributed by atoms with E-state index in [0.29, 0.717) is 22.9 Å². The van der Waals surface area contributed by atoms with Gasteiger partial charge in [0.2, 0.25) is 5.91 Å². The lowest BCUT2D eigenvalue weighted by Gasteiger charge is -2.29. The standard InChI is InChI=1S/C22H25NO6/c1-27-18-10-5-15(13-19(18)28-2)22(11-3-4-12-22)21(26)23-16-6-8-17(9-7-16)29-14-20(24)25/h5-10,13H,3-4,11-12,14H2,1-2H3,(H,23,26)(H,24,25). The molecule has 3 rings (SSSR count). The molecule has 0 aromatic heterocycles. The number of carbonyl (C=O) groups excluding carboxylic acids is 1. The van der Waals surface area contributed by atoms with Crippen LogP contribution in [0.3, 0.4) is 0 Å². The number of aliphatic carboxylic acids is 1. The number of ether oxygens (including phenoxy) is 3. The average Bonchev–Trinajstić information content (AvgIpc) is 3.24. The SMILES string of the molecule is COc1ccc(C2(C(=O)Nc3ccc(OCC(=O)O)cc3)CCCC2)cc1OC. The van der Waals surface area contributed by atoms with Crippen molar-refractivity contribution in [1.29, 1.82) is 0 Å². The molecule has 154 valence electrons. The van der Waals surface area contributed by atoms with Gasteiger partial charge in [0.15, 0.2) is 18.1 Å². The molecule has 1 saturated carbocycles. The molecule has 0 unspecified atom stereocenters. The van der Waals surface area contributed by atoms with Crippen molar-refractivity contribution in [3.05, 3.63) is 48.0 Å². The number of carbonyl (C=O) groups is 2. The van der Waals surface area contributed by atoms with Gasteiger partial charge in [0.05, 0.1) is 19.6 Å². The Labute approximate surface area is 169 Å². The van der Waals surface area contributed by atoms with Gasteiger partial charge in [-0.3, -0.25) is 4.79 Å². The number of rotatable bonds is 8. The fourth-order valence-corrected chi connectivity index (χ4v) is 3.79. The van der Waals surface area contributed by atoms with Gasteiger partial charge in [-0.25, -0.2) is 4.79 Å². The summed E-state index contributed by atoms with van der Waals surface area (Å²) in [4.78, 5) is 23.9. The highest BCUT2D eigenvalue weighted by Crippen LogP contribution is 2.44. The van der Waals surface area contributed by atoms with Gasteiger partial charge in [-0.05, 0) is 54.8 Å². The van der Waals surface area contributed by atoms with E-state index in [9.17, 15) is 9.59 Å². The Kier molecular flexibility index (Phi) is 6.26. The third-order valence-electron chi connectivity index (χ3n) is 5.30. The Balaban J connectivity index is 1.80. The highest BCUT2D eigenvalue weighted by atomic mass is 16.5. The summed E-state index contributed by atoms with van der Waals surface area (Å²) in [5.41, 5.74) is 0.911. The lowest BCUT2D eigenvalue weighted by Crippen LogP contribution is -2.38. The molecular formula is C22H25NO6. The van der Waals surface area contributed by atoms with Crippen LogP contribution >= 0.6 is 0 Å². The smallest absolute Gasteiger partial charge is 0.341 e. The van der Waals surface area contributed by atoms with Gasteiger partial charge in [0, 0.05) is 5.69 Å². The second-order valence-electron chi connectivity index (χ2n) is 7.02. The van der Waals surface area contributed by atoms with Crippen LogP contribution in [0, 0.1) is 0 Å². The van der Waals surface area contributed by atoms with E-state index in [1.807, 2.05) is 18.2 Å². The Hall–Kier alpha value is -3.22. The van der Waals surface area contributed by atoms with Crippen LogP contribution in [0.5, 0.6) is 17.2 Å². The van der Waals surface area contributed by atoms with Crippen molar-refractivity contribution < 1.29 is 28.9 Å². The van der Waals surface area contributed by atoms with Gasteiger partial charge < -0.3 is 24.6 Å². The highest BCUT2D eigenvalue weighted by molar-refractivity contribution is 5.99. The molecule has 0 heterocycles. The number of hydrogen-bond acceptors (Lipinski definition) is 5. The minimum Gasteiger partial charge on any atom is -0.493 e. The quantitative estimate of drug-likeness (QED) is 0.704. The number of benzene rings is 2. The summed E-state index contributed by atoms with van der Waals surface area (Å²) < 4.78 is 15.9. The van der Waals surface area contributed by atoms with Crippen molar-refractivity contribution in [3.63, 3.8) is 0 Å².